The number of hydrogen-bond acceptors (Lipinski definition) is 2. The number of benzene rings is 1. The minimum Gasteiger partial charge on any atom is -0.361 e. The molecule has 0 atom stereocenters. The van der Waals surface area contributed by atoms with E-state index in [1.807, 2.05) is 6.20 Å². The number of carbonyl (C=O) groups is 1. The maximum Gasteiger partial charge on any atom is 0.160 e. The summed E-state index contributed by atoms with van der Waals surface area (Å²) in [5.74, 6) is 0.310. The van der Waals surface area contributed by atoms with Crippen LogP contribution in [0.2, 0.25) is 0 Å². The van der Waals surface area contributed by atoms with E-state index >= 15 is 0 Å². The van der Waals surface area contributed by atoms with Gasteiger partial charge in [0.2, 0.25) is 0 Å². The van der Waals surface area contributed by atoms with Crippen molar-refractivity contribution in [1.82, 2.24) is 0 Å². The molecule has 2 rings (SSSR count). The highest BCUT2D eigenvalue weighted by Crippen LogP contribution is 2.21. The van der Waals surface area contributed by atoms with Crippen LogP contribution in [-0.2, 0) is 4.79 Å². The van der Waals surface area contributed by atoms with E-state index in [0.29, 0.717) is 12.2 Å². The van der Waals surface area contributed by atoms with Gasteiger partial charge in [-0.15, -0.1) is 0 Å². The van der Waals surface area contributed by atoms with Gasteiger partial charge >= 0.3 is 0 Å². The lowest BCUT2D eigenvalue weighted by Crippen LogP contribution is -2.03. The highest BCUT2D eigenvalue weighted by molar-refractivity contribution is 5.95. The second-order valence-corrected chi connectivity index (χ2v) is 5.12. The van der Waals surface area contributed by atoms with Crippen LogP contribution in [-0.4, -0.2) is 5.78 Å². The van der Waals surface area contributed by atoms with Gasteiger partial charge in [0.05, 0.1) is 0 Å². The number of anilines is 1. The molecule has 18 heavy (non-hydrogen) atoms. The van der Waals surface area contributed by atoms with E-state index in [1.165, 1.54) is 17.5 Å². The van der Waals surface area contributed by atoms with Crippen molar-refractivity contribution in [2.45, 2.75) is 46.0 Å². The van der Waals surface area contributed by atoms with Crippen LogP contribution in [0.15, 0.2) is 30.0 Å². The van der Waals surface area contributed by atoms with Crippen LogP contribution in [0.4, 0.5) is 5.69 Å². The summed E-state index contributed by atoms with van der Waals surface area (Å²) in [6, 6.07) is 6.31. The highest BCUT2D eigenvalue weighted by atomic mass is 16.1. The Morgan fingerprint density at radius 2 is 1.89 bits per heavy atom. The number of rotatable bonds is 2. The van der Waals surface area contributed by atoms with E-state index in [0.717, 1.165) is 30.5 Å². The van der Waals surface area contributed by atoms with Gasteiger partial charge in [0.1, 0.15) is 0 Å². The number of Topliss-reactive ketones (excluding diaryl/α,β-unsaturated/α-hetero) is 1. The van der Waals surface area contributed by atoms with Gasteiger partial charge in [-0.25, -0.2) is 0 Å². The second kappa shape index (κ2) is 5.85. The molecule has 1 saturated carbocycles. The number of carbonyl (C=O) groups excluding carboxylic acids is 1. The summed E-state index contributed by atoms with van der Waals surface area (Å²) in [4.78, 5) is 11.9. The van der Waals surface area contributed by atoms with Gasteiger partial charge in [-0.1, -0.05) is 24.1 Å². The number of allylic oxidation sites excluding steroid dienone is 1. The molecule has 96 valence electrons. The fraction of sp³-hybridized carbons (Fsp3) is 0.438. The fourth-order valence-electron chi connectivity index (χ4n) is 2.37. The van der Waals surface area contributed by atoms with Crippen LogP contribution in [0, 0.1) is 13.8 Å². The fourth-order valence-corrected chi connectivity index (χ4v) is 2.37. The SMILES string of the molecule is Cc1ccc(N/C=C2\CCCCCC2=O)c(C)c1. The quantitative estimate of drug-likeness (QED) is 0.625. The van der Waals surface area contributed by atoms with Gasteiger partial charge in [-0.05, 0) is 44.7 Å². The zero-order valence-electron chi connectivity index (χ0n) is 11.3. The van der Waals surface area contributed by atoms with Crippen LogP contribution in [0.1, 0.15) is 43.2 Å². The van der Waals surface area contributed by atoms with Crippen LogP contribution in [0.25, 0.3) is 0 Å². The minimum absolute atomic E-state index is 0.310. The Balaban J connectivity index is 2.11. The largest absolute Gasteiger partial charge is 0.361 e. The number of nitrogens with one attached hydrogen (secondary N) is 1. The van der Waals surface area contributed by atoms with E-state index in [1.54, 1.807) is 0 Å². The molecule has 2 nitrogen and oxygen atoms in total. The molecule has 1 aliphatic carbocycles. The molecule has 0 unspecified atom stereocenters. The Morgan fingerprint density at radius 1 is 1.11 bits per heavy atom. The molecule has 0 saturated heterocycles. The maximum atomic E-state index is 11.9. The molecule has 1 aromatic rings. The van der Waals surface area contributed by atoms with Crippen molar-refractivity contribution in [3.8, 4) is 0 Å². The molecule has 1 N–H and O–H groups in total. The first-order valence-electron chi connectivity index (χ1n) is 6.73. The van der Waals surface area contributed by atoms with Crippen molar-refractivity contribution in [1.29, 1.82) is 0 Å². The third-order valence-electron chi connectivity index (χ3n) is 3.49. The molecule has 0 heterocycles. The Labute approximate surface area is 109 Å². The first-order chi connectivity index (χ1) is 8.66. The number of aryl methyl sites for hydroxylation is 2. The third kappa shape index (κ3) is 3.22. The average molecular weight is 243 g/mol. The average Bonchev–Trinajstić information content (AvgIpc) is 2.53. The zero-order chi connectivity index (χ0) is 13.0. The first-order valence-corrected chi connectivity index (χ1v) is 6.73. The van der Waals surface area contributed by atoms with Crippen molar-refractivity contribution >= 4 is 11.5 Å². The van der Waals surface area contributed by atoms with E-state index in [2.05, 4.69) is 37.4 Å². The Kier molecular flexibility index (Phi) is 4.19. The summed E-state index contributed by atoms with van der Waals surface area (Å²) in [5, 5.41) is 3.29. The monoisotopic (exact) mass is 243 g/mol. The Morgan fingerprint density at radius 3 is 2.67 bits per heavy atom. The highest BCUT2D eigenvalue weighted by Gasteiger charge is 2.13. The molecule has 1 aliphatic rings. The van der Waals surface area contributed by atoms with Gasteiger partial charge in [-0.2, -0.15) is 0 Å². The van der Waals surface area contributed by atoms with Crippen molar-refractivity contribution in [2.24, 2.45) is 0 Å². The van der Waals surface area contributed by atoms with Crippen LogP contribution in [0.3, 0.4) is 0 Å². The lowest BCUT2D eigenvalue weighted by molar-refractivity contribution is -0.115. The lowest BCUT2D eigenvalue weighted by atomic mass is 10.1. The topological polar surface area (TPSA) is 29.1 Å². The van der Waals surface area contributed by atoms with E-state index in [9.17, 15) is 4.79 Å². The van der Waals surface area contributed by atoms with Crippen LogP contribution >= 0.6 is 0 Å². The predicted octanol–water partition coefficient (Wildman–Crippen LogP) is 4.13. The van der Waals surface area contributed by atoms with E-state index < -0.39 is 0 Å². The minimum atomic E-state index is 0.310. The summed E-state index contributed by atoms with van der Waals surface area (Å²) < 4.78 is 0. The van der Waals surface area contributed by atoms with Gasteiger partial charge in [0.15, 0.2) is 5.78 Å². The standard InChI is InChI=1S/C16H21NO/c1-12-8-9-15(13(2)10-12)17-11-14-6-4-3-5-7-16(14)18/h8-11,17H,3-7H2,1-2H3/b14-11+. The number of hydrogen-bond donors (Lipinski definition) is 1. The third-order valence-corrected chi connectivity index (χ3v) is 3.49. The van der Waals surface area contributed by atoms with Crippen molar-refractivity contribution < 1.29 is 4.79 Å². The summed E-state index contributed by atoms with van der Waals surface area (Å²) in [7, 11) is 0. The van der Waals surface area contributed by atoms with Crippen LogP contribution in [0.5, 0.6) is 0 Å². The van der Waals surface area contributed by atoms with Gasteiger partial charge in [-0.3, -0.25) is 4.79 Å². The van der Waals surface area contributed by atoms with Crippen LogP contribution < -0.4 is 5.32 Å². The molecule has 0 amide bonds. The molecule has 1 fully saturated rings. The summed E-state index contributed by atoms with van der Waals surface area (Å²) in [5.41, 5.74) is 4.52. The molecule has 2 heteroatoms. The Bertz CT molecular complexity index is 474. The van der Waals surface area contributed by atoms with Crippen molar-refractivity contribution in [3.05, 3.63) is 41.1 Å². The van der Waals surface area contributed by atoms with Crippen molar-refractivity contribution in [2.75, 3.05) is 5.32 Å². The smallest absolute Gasteiger partial charge is 0.160 e. The lowest BCUT2D eigenvalue weighted by Gasteiger charge is -2.08. The summed E-state index contributed by atoms with van der Waals surface area (Å²) in [6.45, 7) is 4.17. The summed E-state index contributed by atoms with van der Waals surface area (Å²) >= 11 is 0. The van der Waals surface area contributed by atoms with Gasteiger partial charge in [0.25, 0.3) is 0 Å². The second-order valence-electron chi connectivity index (χ2n) is 5.12. The Hall–Kier alpha value is -1.57. The first kappa shape index (κ1) is 12.9. The maximum absolute atomic E-state index is 11.9. The molecule has 0 bridgehead atoms. The molecule has 0 aliphatic heterocycles. The molecule has 0 aromatic heterocycles. The molecular formula is C16H21NO. The number of ketones is 1. The molecule has 0 radical (unpaired) electrons. The van der Waals surface area contributed by atoms with Gasteiger partial charge in [0, 0.05) is 23.9 Å². The molecule has 1 aromatic carbocycles. The zero-order valence-corrected chi connectivity index (χ0v) is 11.3. The molecule has 0 spiro atoms. The van der Waals surface area contributed by atoms with Crippen molar-refractivity contribution in [3.63, 3.8) is 0 Å². The van der Waals surface area contributed by atoms with Gasteiger partial charge < -0.3 is 5.32 Å². The molecular weight excluding hydrogens is 222 g/mol. The summed E-state index contributed by atoms with van der Waals surface area (Å²) in [6.07, 6.45) is 6.88. The van der Waals surface area contributed by atoms with E-state index in [-0.39, 0.29) is 0 Å². The normalized spacial score (nSPS) is 18.8. The van der Waals surface area contributed by atoms with E-state index in [4.69, 9.17) is 0 Å². The predicted molar refractivity (Wildman–Crippen MR) is 75.7 cm³/mol.